The number of ether oxygens (including phenoxy) is 2. The fourth-order valence-electron chi connectivity index (χ4n) is 3.81. The Balaban J connectivity index is 1.70. The molecule has 0 amide bonds. The van der Waals surface area contributed by atoms with Crippen LogP contribution < -0.4 is 14.8 Å². The highest BCUT2D eigenvalue weighted by Crippen LogP contribution is 2.32. The molecule has 2 aromatic carbocycles. The van der Waals surface area contributed by atoms with Crippen LogP contribution in [0.5, 0.6) is 11.5 Å². The molecule has 0 saturated carbocycles. The standard InChI is InChI=1S/C23H29FN2O3/c1-28-22-11-8-18(14-23(22)29-2)20(26-12-4-3-5-13-26)15-25-16-21(27)17-6-9-19(24)10-7-17/h6-11,14,20,25H,3-5,12-13,15-16H2,1-2H3. The Bertz CT molecular complexity index is 804. The van der Waals surface area contributed by atoms with E-state index in [1.54, 1.807) is 14.2 Å². The number of Topliss-reactive ketones (excluding diaryl/α,β-unsaturated/α-hetero) is 1. The maximum absolute atomic E-state index is 13.1. The molecule has 1 aliphatic heterocycles. The number of likely N-dealkylation sites (tertiary alicyclic amines) is 1. The first kappa shape index (κ1) is 21.3. The number of halogens is 1. The Kier molecular flexibility index (Phi) is 7.61. The van der Waals surface area contributed by atoms with Crippen molar-refractivity contribution in [2.24, 2.45) is 0 Å². The van der Waals surface area contributed by atoms with Gasteiger partial charge in [-0.25, -0.2) is 4.39 Å². The molecular formula is C23H29FN2O3. The van der Waals surface area contributed by atoms with Gasteiger partial charge >= 0.3 is 0 Å². The topological polar surface area (TPSA) is 50.8 Å². The van der Waals surface area contributed by atoms with Gasteiger partial charge in [-0.2, -0.15) is 0 Å². The third-order valence-electron chi connectivity index (χ3n) is 5.41. The average molecular weight is 400 g/mol. The van der Waals surface area contributed by atoms with E-state index < -0.39 is 0 Å². The molecule has 3 rings (SSSR count). The lowest BCUT2D eigenvalue weighted by Crippen LogP contribution is -2.40. The molecule has 5 nitrogen and oxygen atoms in total. The van der Waals surface area contributed by atoms with Crippen molar-refractivity contribution < 1.29 is 18.7 Å². The molecule has 0 radical (unpaired) electrons. The number of rotatable bonds is 9. The second-order valence-electron chi connectivity index (χ2n) is 7.29. The summed E-state index contributed by atoms with van der Waals surface area (Å²) in [5, 5.41) is 3.30. The first-order valence-electron chi connectivity index (χ1n) is 10.1. The van der Waals surface area contributed by atoms with Gasteiger partial charge in [-0.3, -0.25) is 9.69 Å². The number of nitrogens with zero attached hydrogens (tertiary/aromatic N) is 1. The van der Waals surface area contributed by atoms with Crippen molar-refractivity contribution in [2.45, 2.75) is 25.3 Å². The van der Waals surface area contributed by atoms with E-state index in [-0.39, 0.29) is 24.2 Å². The summed E-state index contributed by atoms with van der Waals surface area (Å²) in [5.74, 6) is 1.02. The molecule has 1 fully saturated rings. The lowest BCUT2D eigenvalue weighted by atomic mass is 10.0. The van der Waals surface area contributed by atoms with E-state index in [9.17, 15) is 9.18 Å². The monoisotopic (exact) mass is 400 g/mol. The number of methoxy groups -OCH3 is 2. The van der Waals surface area contributed by atoms with Crippen LogP contribution >= 0.6 is 0 Å². The van der Waals surface area contributed by atoms with Gasteiger partial charge in [0.2, 0.25) is 0 Å². The first-order valence-corrected chi connectivity index (χ1v) is 10.1. The van der Waals surface area contributed by atoms with Crippen molar-refractivity contribution >= 4 is 5.78 Å². The Labute approximate surface area is 171 Å². The van der Waals surface area contributed by atoms with E-state index in [1.807, 2.05) is 12.1 Å². The van der Waals surface area contributed by atoms with Crippen molar-refractivity contribution in [3.05, 3.63) is 59.4 Å². The molecule has 2 aromatic rings. The average Bonchev–Trinajstić information content (AvgIpc) is 2.77. The summed E-state index contributed by atoms with van der Waals surface area (Å²) >= 11 is 0. The lowest BCUT2D eigenvalue weighted by molar-refractivity contribution is 0.0983. The van der Waals surface area contributed by atoms with Gasteiger partial charge in [-0.15, -0.1) is 0 Å². The van der Waals surface area contributed by atoms with Crippen LogP contribution in [0.15, 0.2) is 42.5 Å². The van der Waals surface area contributed by atoms with E-state index in [0.29, 0.717) is 23.6 Å². The predicted molar refractivity (Wildman–Crippen MR) is 111 cm³/mol. The van der Waals surface area contributed by atoms with Gasteiger partial charge in [0.05, 0.1) is 20.8 Å². The van der Waals surface area contributed by atoms with Gasteiger partial charge in [0.15, 0.2) is 17.3 Å². The zero-order valence-electron chi connectivity index (χ0n) is 17.1. The van der Waals surface area contributed by atoms with E-state index in [0.717, 1.165) is 18.7 Å². The molecule has 1 atom stereocenters. The second-order valence-corrected chi connectivity index (χ2v) is 7.29. The fraction of sp³-hybridized carbons (Fsp3) is 0.435. The highest BCUT2D eigenvalue weighted by Gasteiger charge is 2.23. The van der Waals surface area contributed by atoms with Crippen molar-refractivity contribution in [3.8, 4) is 11.5 Å². The van der Waals surface area contributed by atoms with Crippen molar-refractivity contribution in [1.29, 1.82) is 0 Å². The third-order valence-corrected chi connectivity index (χ3v) is 5.41. The van der Waals surface area contributed by atoms with Crippen LogP contribution in [0.3, 0.4) is 0 Å². The van der Waals surface area contributed by atoms with Gasteiger partial charge in [0, 0.05) is 18.2 Å². The summed E-state index contributed by atoms with van der Waals surface area (Å²) in [6.07, 6.45) is 3.61. The Morgan fingerprint density at radius 3 is 2.38 bits per heavy atom. The van der Waals surface area contributed by atoms with Gasteiger partial charge < -0.3 is 14.8 Å². The number of ketones is 1. The number of hydrogen-bond donors (Lipinski definition) is 1. The van der Waals surface area contributed by atoms with Gasteiger partial charge in [-0.05, 0) is 67.9 Å². The molecular weight excluding hydrogens is 371 g/mol. The Hall–Kier alpha value is -2.44. The van der Waals surface area contributed by atoms with Gasteiger partial charge in [0.25, 0.3) is 0 Å². The molecule has 1 aliphatic rings. The van der Waals surface area contributed by atoms with Crippen LogP contribution in [0.25, 0.3) is 0 Å². The van der Waals surface area contributed by atoms with Crippen LogP contribution in [-0.4, -0.2) is 51.1 Å². The molecule has 29 heavy (non-hydrogen) atoms. The smallest absolute Gasteiger partial charge is 0.176 e. The molecule has 6 heteroatoms. The quantitative estimate of drug-likeness (QED) is 0.648. The number of carbonyl (C=O) groups excluding carboxylic acids is 1. The minimum absolute atomic E-state index is 0.0466. The number of benzene rings is 2. The zero-order chi connectivity index (χ0) is 20.6. The minimum Gasteiger partial charge on any atom is -0.493 e. The zero-order valence-corrected chi connectivity index (χ0v) is 17.1. The molecule has 1 saturated heterocycles. The normalized spacial score (nSPS) is 15.7. The number of piperidine rings is 1. The second kappa shape index (κ2) is 10.4. The lowest BCUT2D eigenvalue weighted by Gasteiger charge is -2.35. The van der Waals surface area contributed by atoms with E-state index >= 15 is 0 Å². The van der Waals surface area contributed by atoms with E-state index in [2.05, 4.69) is 16.3 Å². The van der Waals surface area contributed by atoms with Gasteiger partial charge in [0.1, 0.15) is 5.82 Å². The van der Waals surface area contributed by atoms with E-state index in [1.165, 1.54) is 43.5 Å². The van der Waals surface area contributed by atoms with Crippen molar-refractivity contribution in [3.63, 3.8) is 0 Å². The van der Waals surface area contributed by atoms with Crippen LogP contribution in [-0.2, 0) is 0 Å². The summed E-state index contributed by atoms with van der Waals surface area (Å²) in [4.78, 5) is 14.9. The van der Waals surface area contributed by atoms with Crippen LogP contribution in [0.4, 0.5) is 4.39 Å². The summed E-state index contributed by atoms with van der Waals surface area (Å²) in [6, 6.07) is 11.8. The van der Waals surface area contributed by atoms with Crippen LogP contribution in [0.2, 0.25) is 0 Å². The minimum atomic E-state index is -0.340. The highest BCUT2D eigenvalue weighted by atomic mass is 19.1. The summed E-state index contributed by atoms with van der Waals surface area (Å²) in [7, 11) is 3.26. The molecule has 0 aliphatic carbocycles. The van der Waals surface area contributed by atoms with Gasteiger partial charge in [-0.1, -0.05) is 12.5 Å². The third kappa shape index (κ3) is 5.55. The molecule has 1 heterocycles. The molecule has 0 bridgehead atoms. The Morgan fingerprint density at radius 1 is 1.03 bits per heavy atom. The first-order chi connectivity index (χ1) is 14.1. The highest BCUT2D eigenvalue weighted by molar-refractivity contribution is 5.97. The van der Waals surface area contributed by atoms with Crippen molar-refractivity contribution in [1.82, 2.24) is 10.2 Å². The largest absolute Gasteiger partial charge is 0.493 e. The number of carbonyl (C=O) groups is 1. The summed E-state index contributed by atoms with van der Waals surface area (Å²) < 4.78 is 23.9. The molecule has 0 aromatic heterocycles. The van der Waals surface area contributed by atoms with E-state index in [4.69, 9.17) is 9.47 Å². The Morgan fingerprint density at radius 2 is 1.72 bits per heavy atom. The molecule has 1 N–H and O–H groups in total. The molecule has 1 unspecified atom stereocenters. The number of hydrogen-bond acceptors (Lipinski definition) is 5. The maximum atomic E-state index is 13.1. The maximum Gasteiger partial charge on any atom is 0.176 e. The number of nitrogens with one attached hydrogen (secondary N) is 1. The SMILES string of the molecule is COc1ccc(C(CNCC(=O)c2ccc(F)cc2)N2CCCCC2)cc1OC. The summed E-state index contributed by atoms with van der Waals surface area (Å²) in [5.41, 5.74) is 1.64. The summed E-state index contributed by atoms with van der Waals surface area (Å²) in [6.45, 7) is 2.92. The fourth-order valence-corrected chi connectivity index (χ4v) is 3.81. The van der Waals surface area contributed by atoms with Crippen LogP contribution in [0.1, 0.15) is 41.2 Å². The van der Waals surface area contributed by atoms with Crippen LogP contribution in [0, 0.1) is 5.82 Å². The molecule has 156 valence electrons. The molecule has 0 spiro atoms. The predicted octanol–water partition coefficient (Wildman–Crippen LogP) is 3.84. The van der Waals surface area contributed by atoms with Crippen molar-refractivity contribution in [2.75, 3.05) is 40.4 Å².